The monoisotopic (exact) mass is 559 g/mol. The molecule has 36 heavy (non-hydrogen) atoms. The summed E-state index contributed by atoms with van der Waals surface area (Å²) in [7, 11) is 3.22. The van der Waals surface area contributed by atoms with Gasteiger partial charge in [0.05, 0.1) is 33.0 Å². The molecule has 0 spiro atoms. The SMILES string of the molecule is COc1cc(C[n+]2ccc(-c3ccc(N4CC(CNC(C)=O)OC4=O)cc3F)cc2)cc(OC)c1.[Br-]. The number of hydrogen-bond acceptors (Lipinski definition) is 5. The Hall–Kier alpha value is -3.66. The van der Waals surface area contributed by atoms with Gasteiger partial charge in [-0.15, -0.1) is 0 Å². The van der Waals surface area contributed by atoms with E-state index in [1.807, 2.05) is 47.3 Å². The van der Waals surface area contributed by atoms with Crippen molar-refractivity contribution in [3.63, 3.8) is 0 Å². The fourth-order valence-corrected chi connectivity index (χ4v) is 3.91. The van der Waals surface area contributed by atoms with Crippen LogP contribution >= 0.6 is 0 Å². The van der Waals surface area contributed by atoms with Crippen LogP contribution in [0.1, 0.15) is 12.5 Å². The van der Waals surface area contributed by atoms with Crippen LogP contribution in [0.25, 0.3) is 11.1 Å². The van der Waals surface area contributed by atoms with Crippen molar-refractivity contribution in [2.24, 2.45) is 0 Å². The number of cyclic esters (lactones) is 1. The van der Waals surface area contributed by atoms with Crippen molar-refractivity contribution in [3.8, 4) is 22.6 Å². The topological polar surface area (TPSA) is 81.0 Å². The van der Waals surface area contributed by atoms with E-state index in [0.29, 0.717) is 34.9 Å². The molecule has 1 aromatic heterocycles. The van der Waals surface area contributed by atoms with Crippen LogP contribution in [-0.4, -0.2) is 45.4 Å². The number of methoxy groups -OCH3 is 2. The Morgan fingerprint density at radius 3 is 2.36 bits per heavy atom. The maximum atomic E-state index is 15.0. The molecule has 190 valence electrons. The molecule has 2 amide bonds. The Bertz CT molecular complexity index is 1220. The van der Waals surface area contributed by atoms with Crippen LogP contribution in [0.5, 0.6) is 11.5 Å². The predicted molar refractivity (Wildman–Crippen MR) is 127 cm³/mol. The number of anilines is 1. The highest BCUT2D eigenvalue weighted by molar-refractivity contribution is 5.90. The van der Waals surface area contributed by atoms with Gasteiger partial charge in [-0.1, -0.05) is 0 Å². The summed E-state index contributed by atoms with van der Waals surface area (Å²) in [5.74, 6) is 0.766. The Labute approximate surface area is 219 Å². The summed E-state index contributed by atoms with van der Waals surface area (Å²) in [5.41, 5.74) is 2.54. The summed E-state index contributed by atoms with van der Waals surface area (Å²) < 4.78 is 32.9. The third-order valence-electron chi connectivity index (χ3n) is 5.70. The van der Waals surface area contributed by atoms with Crippen LogP contribution in [0.4, 0.5) is 14.9 Å². The predicted octanol–water partition coefficient (Wildman–Crippen LogP) is 0.311. The molecule has 1 aliphatic heterocycles. The summed E-state index contributed by atoms with van der Waals surface area (Å²) in [6, 6.07) is 14.0. The van der Waals surface area contributed by atoms with Crippen molar-refractivity contribution in [1.82, 2.24) is 5.32 Å². The van der Waals surface area contributed by atoms with Crippen LogP contribution in [0.3, 0.4) is 0 Å². The maximum Gasteiger partial charge on any atom is 0.414 e. The van der Waals surface area contributed by atoms with Gasteiger partial charge in [0, 0.05) is 36.2 Å². The van der Waals surface area contributed by atoms with E-state index in [2.05, 4.69) is 5.32 Å². The number of amides is 2. The minimum atomic E-state index is -0.567. The first-order valence-electron chi connectivity index (χ1n) is 11.1. The Morgan fingerprint density at radius 2 is 1.78 bits per heavy atom. The van der Waals surface area contributed by atoms with Gasteiger partial charge in [-0.25, -0.2) is 13.8 Å². The fourth-order valence-electron chi connectivity index (χ4n) is 3.91. The number of pyridine rings is 1. The quantitative estimate of drug-likeness (QED) is 0.402. The highest BCUT2D eigenvalue weighted by Crippen LogP contribution is 2.29. The van der Waals surface area contributed by atoms with Crippen molar-refractivity contribution in [1.29, 1.82) is 0 Å². The molecule has 0 aliphatic carbocycles. The van der Waals surface area contributed by atoms with Gasteiger partial charge in [0.15, 0.2) is 18.9 Å². The molecule has 0 bridgehead atoms. The Morgan fingerprint density at radius 1 is 1.11 bits per heavy atom. The van der Waals surface area contributed by atoms with Crippen LogP contribution in [0.15, 0.2) is 60.9 Å². The number of hydrogen-bond donors (Lipinski definition) is 1. The molecule has 0 radical (unpaired) electrons. The van der Waals surface area contributed by atoms with Crippen molar-refractivity contribution >= 4 is 17.7 Å². The second kappa shape index (κ2) is 11.9. The number of carbonyl (C=O) groups excluding carboxylic acids is 2. The average Bonchev–Trinajstić information content (AvgIpc) is 3.23. The smallest absolute Gasteiger partial charge is 0.414 e. The molecule has 10 heteroatoms. The van der Waals surface area contributed by atoms with E-state index in [4.69, 9.17) is 14.2 Å². The zero-order chi connectivity index (χ0) is 24.9. The summed E-state index contributed by atoms with van der Waals surface area (Å²) >= 11 is 0. The lowest BCUT2D eigenvalue weighted by molar-refractivity contribution is -0.688. The van der Waals surface area contributed by atoms with Crippen molar-refractivity contribution in [3.05, 3.63) is 72.3 Å². The molecule has 1 unspecified atom stereocenters. The number of rotatable bonds is 8. The molecule has 2 aromatic carbocycles. The first-order valence-corrected chi connectivity index (χ1v) is 11.1. The van der Waals surface area contributed by atoms with Gasteiger partial charge in [-0.3, -0.25) is 9.69 Å². The number of nitrogens with one attached hydrogen (secondary N) is 1. The van der Waals surface area contributed by atoms with Gasteiger partial charge in [-0.05, 0) is 35.9 Å². The Balaban J connectivity index is 0.00000361. The zero-order valence-electron chi connectivity index (χ0n) is 20.2. The summed E-state index contributed by atoms with van der Waals surface area (Å²) in [6.07, 6.45) is 2.70. The lowest BCUT2D eigenvalue weighted by Crippen LogP contribution is -3.00. The molecular formula is C26H27BrFN3O5. The Kier molecular flexibility index (Phi) is 8.87. The van der Waals surface area contributed by atoms with Gasteiger partial charge in [0.1, 0.15) is 23.4 Å². The molecule has 1 fully saturated rings. The van der Waals surface area contributed by atoms with E-state index >= 15 is 4.39 Å². The summed E-state index contributed by atoms with van der Waals surface area (Å²) in [6.45, 7) is 2.43. The number of benzene rings is 2. The number of ether oxygens (including phenoxy) is 3. The van der Waals surface area contributed by atoms with Crippen molar-refractivity contribution in [2.45, 2.75) is 19.6 Å². The molecule has 3 aromatic rings. The molecule has 4 rings (SSSR count). The molecule has 1 saturated heterocycles. The lowest BCUT2D eigenvalue weighted by Gasteiger charge is -2.14. The van der Waals surface area contributed by atoms with Crippen LogP contribution in [-0.2, 0) is 16.1 Å². The van der Waals surface area contributed by atoms with E-state index in [-0.39, 0.29) is 36.0 Å². The van der Waals surface area contributed by atoms with Crippen LogP contribution in [0.2, 0.25) is 0 Å². The summed E-state index contributed by atoms with van der Waals surface area (Å²) in [4.78, 5) is 24.7. The van der Waals surface area contributed by atoms with Gasteiger partial charge >= 0.3 is 6.09 Å². The third-order valence-corrected chi connectivity index (χ3v) is 5.70. The first-order chi connectivity index (χ1) is 16.9. The minimum Gasteiger partial charge on any atom is -1.00 e. The highest BCUT2D eigenvalue weighted by atomic mass is 79.9. The molecule has 1 aliphatic rings. The first kappa shape index (κ1) is 26.9. The number of carbonyl (C=O) groups is 2. The van der Waals surface area contributed by atoms with Gasteiger partial charge < -0.3 is 36.5 Å². The van der Waals surface area contributed by atoms with E-state index in [1.54, 1.807) is 26.4 Å². The largest absolute Gasteiger partial charge is 1.00 e. The summed E-state index contributed by atoms with van der Waals surface area (Å²) in [5, 5.41) is 2.62. The average molecular weight is 560 g/mol. The van der Waals surface area contributed by atoms with E-state index in [9.17, 15) is 9.59 Å². The number of nitrogens with zero attached hydrogens (tertiary/aromatic N) is 2. The van der Waals surface area contributed by atoms with E-state index in [0.717, 1.165) is 5.56 Å². The van der Waals surface area contributed by atoms with Gasteiger partial charge in [0.2, 0.25) is 5.91 Å². The van der Waals surface area contributed by atoms with Crippen molar-refractivity contribution < 1.29 is 49.7 Å². The van der Waals surface area contributed by atoms with Crippen LogP contribution < -0.4 is 41.2 Å². The van der Waals surface area contributed by atoms with Gasteiger partial charge in [-0.2, -0.15) is 0 Å². The van der Waals surface area contributed by atoms with Crippen molar-refractivity contribution in [2.75, 3.05) is 32.2 Å². The molecular weight excluding hydrogens is 533 g/mol. The second-order valence-corrected chi connectivity index (χ2v) is 8.20. The maximum absolute atomic E-state index is 15.0. The fraction of sp³-hybridized carbons (Fsp3) is 0.269. The highest BCUT2D eigenvalue weighted by Gasteiger charge is 2.32. The van der Waals surface area contributed by atoms with Gasteiger partial charge in [0.25, 0.3) is 0 Å². The normalized spacial score (nSPS) is 14.6. The second-order valence-electron chi connectivity index (χ2n) is 8.20. The standard InChI is InChI=1S/C26H26FN3O5.BrH/c1-17(31)28-14-23-16-30(26(32)35-23)20-4-5-24(25(27)12-20)19-6-8-29(9-7-19)15-18-10-21(33-2)13-22(11-18)34-3;/h4-13,23H,14-16H2,1-3H3;1H. The molecule has 1 atom stereocenters. The minimum absolute atomic E-state index is 0. The number of aromatic nitrogens is 1. The van der Waals surface area contributed by atoms with Crippen LogP contribution in [0, 0.1) is 5.82 Å². The molecule has 0 saturated carbocycles. The molecule has 1 N–H and O–H groups in total. The zero-order valence-corrected chi connectivity index (χ0v) is 21.7. The van der Waals surface area contributed by atoms with E-state index in [1.165, 1.54) is 17.9 Å². The molecule has 2 heterocycles. The van der Waals surface area contributed by atoms with E-state index < -0.39 is 18.0 Å². The molecule has 8 nitrogen and oxygen atoms in total. The number of halogens is 2. The third kappa shape index (κ3) is 6.31. The lowest BCUT2D eigenvalue weighted by atomic mass is 10.1.